The maximum atomic E-state index is 12.3. The number of aliphatic hydroxyl groups is 1. The van der Waals surface area contributed by atoms with Crippen molar-refractivity contribution in [3.05, 3.63) is 28.8 Å². The summed E-state index contributed by atoms with van der Waals surface area (Å²) in [4.78, 5) is 14.2. The standard InChI is InChI=1S/C15H21ClN2O2/c1-11-6-7-12(10-14(11)16)17-15(20)18-8-2-4-13(18)5-3-9-19/h6-7,10,13,19H,2-5,8-9H2,1H3,(H,17,20). The van der Waals surface area contributed by atoms with Gasteiger partial charge in [-0.1, -0.05) is 17.7 Å². The van der Waals surface area contributed by atoms with Crippen molar-refractivity contribution in [3.63, 3.8) is 0 Å². The Morgan fingerprint density at radius 2 is 2.35 bits per heavy atom. The molecule has 0 aromatic heterocycles. The van der Waals surface area contributed by atoms with E-state index in [1.807, 2.05) is 24.0 Å². The lowest BCUT2D eigenvalue weighted by Crippen LogP contribution is -2.38. The van der Waals surface area contributed by atoms with Gasteiger partial charge in [-0.15, -0.1) is 0 Å². The number of hydrogen-bond donors (Lipinski definition) is 2. The molecule has 2 rings (SSSR count). The van der Waals surface area contributed by atoms with Gasteiger partial charge in [0.15, 0.2) is 0 Å². The van der Waals surface area contributed by atoms with Gasteiger partial charge in [-0.2, -0.15) is 0 Å². The van der Waals surface area contributed by atoms with E-state index in [9.17, 15) is 4.79 Å². The fourth-order valence-electron chi connectivity index (χ4n) is 2.60. The van der Waals surface area contributed by atoms with E-state index in [1.54, 1.807) is 6.07 Å². The van der Waals surface area contributed by atoms with E-state index < -0.39 is 0 Å². The third kappa shape index (κ3) is 3.64. The van der Waals surface area contributed by atoms with Gasteiger partial charge in [0.2, 0.25) is 0 Å². The number of rotatable bonds is 4. The predicted molar refractivity (Wildman–Crippen MR) is 81.3 cm³/mol. The first-order valence-corrected chi connectivity index (χ1v) is 7.44. The molecule has 2 amide bonds. The van der Waals surface area contributed by atoms with Crippen LogP contribution in [0.5, 0.6) is 0 Å². The van der Waals surface area contributed by atoms with Crippen molar-refractivity contribution >= 4 is 23.3 Å². The Bertz CT molecular complexity index is 479. The van der Waals surface area contributed by atoms with Crippen molar-refractivity contribution in [2.75, 3.05) is 18.5 Å². The Morgan fingerprint density at radius 1 is 1.55 bits per heavy atom. The first kappa shape index (κ1) is 15.1. The van der Waals surface area contributed by atoms with Crippen molar-refractivity contribution in [2.24, 2.45) is 0 Å². The van der Waals surface area contributed by atoms with Gasteiger partial charge in [-0.3, -0.25) is 0 Å². The van der Waals surface area contributed by atoms with E-state index >= 15 is 0 Å². The van der Waals surface area contributed by atoms with Crippen LogP contribution in [0, 0.1) is 6.92 Å². The number of amides is 2. The average molecular weight is 297 g/mol. The molecule has 1 saturated heterocycles. The number of urea groups is 1. The molecule has 0 aliphatic carbocycles. The number of likely N-dealkylation sites (tertiary alicyclic amines) is 1. The molecule has 1 unspecified atom stereocenters. The molecule has 0 spiro atoms. The molecule has 0 bridgehead atoms. The highest BCUT2D eigenvalue weighted by Gasteiger charge is 2.28. The monoisotopic (exact) mass is 296 g/mol. The molecule has 0 radical (unpaired) electrons. The maximum absolute atomic E-state index is 12.3. The Kier molecular flexibility index (Phi) is 5.26. The van der Waals surface area contributed by atoms with Gasteiger partial charge in [0, 0.05) is 29.9 Å². The van der Waals surface area contributed by atoms with E-state index in [0.29, 0.717) is 5.02 Å². The van der Waals surface area contributed by atoms with Crippen LogP contribution in [-0.4, -0.2) is 35.2 Å². The molecule has 2 N–H and O–H groups in total. The minimum absolute atomic E-state index is 0.0784. The Balaban J connectivity index is 1.98. The number of hydrogen-bond acceptors (Lipinski definition) is 2. The lowest BCUT2D eigenvalue weighted by molar-refractivity contribution is 0.197. The normalized spacial score (nSPS) is 18.4. The minimum atomic E-state index is -0.0784. The number of nitrogens with one attached hydrogen (secondary N) is 1. The van der Waals surface area contributed by atoms with E-state index in [0.717, 1.165) is 43.5 Å². The highest BCUT2D eigenvalue weighted by atomic mass is 35.5. The smallest absolute Gasteiger partial charge is 0.322 e. The summed E-state index contributed by atoms with van der Waals surface area (Å²) in [7, 11) is 0. The molecule has 110 valence electrons. The number of carbonyl (C=O) groups excluding carboxylic acids is 1. The third-order valence-corrected chi connectivity index (χ3v) is 4.16. The molecule has 1 aliphatic rings. The molecular formula is C15H21ClN2O2. The number of halogens is 1. The number of aryl methyl sites for hydroxylation is 1. The van der Waals surface area contributed by atoms with Gasteiger partial charge in [-0.25, -0.2) is 4.79 Å². The number of nitrogens with zero attached hydrogens (tertiary/aromatic N) is 1. The number of anilines is 1. The highest BCUT2D eigenvalue weighted by molar-refractivity contribution is 6.31. The van der Waals surface area contributed by atoms with Crippen molar-refractivity contribution in [1.82, 2.24) is 4.90 Å². The molecule has 5 heteroatoms. The number of benzene rings is 1. The second-order valence-corrected chi connectivity index (χ2v) is 5.66. The number of aliphatic hydroxyl groups excluding tert-OH is 1. The lowest BCUT2D eigenvalue weighted by atomic mass is 10.1. The van der Waals surface area contributed by atoms with E-state index in [1.165, 1.54) is 0 Å². The molecule has 1 heterocycles. The van der Waals surface area contributed by atoms with Crippen LogP contribution in [0.4, 0.5) is 10.5 Å². The summed E-state index contributed by atoms with van der Waals surface area (Å²) in [5.41, 5.74) is 1.71. The Morgan fingerprint density at radius 3 is 3.05 bits per heavy atom. The topological polar surface area (TPSA) is 52.6 Å². The fraction of sp³-hybridized carbons (Fsp3) is 0.533. The molecular weight excluding hydrogens is 276 g/mol. The first-order chi connectivity index (χ1) is 9.61. The summed E-state index contributed by atoms with van der Waals surface area (Å²) in [5, 5.41) is 12.5. The largest absolute Gasteiger partial charge is 0.396 e. The fourth-order valence-corrected chi connectivity index (χ4v) is 2.78. The quantitative estimate of drug-likeness (QED) is 0.894. The molecule has 1 aliphatic heterocycles. The zero-order valence-electron chi connectivity index (χ0n) is 11.7. The third-order valence-electron chi connectivity index (χ3n) is 3.76. The number of carbonyl (C=O) groups is 1. The Labute approximate surface area is 124 Å². The highest BCUT2D eigenvalue weighted by Crippen LogP contribution is 2.24. The summed E-state index contributed by atoms with van der Waals surface area (Å²) in [5.74, 6) is 0. The van der Waals surface area contributed by atoms with Gasteiger partial charge in [-0.05, 0) is 50.3 Å². The van der Waals surface area contributed by atoms with Crippen LogP contribution >= 0.6 is 11.6 Å². The van der Waals surface area contributed by atoms with E-state index in [-0.39, 0.29) is 18.7 Å². The SMILES string of the molecule is Cc1ccc(NC(=O)N2CCCC2CCCO)cc1Cl. The van der Waals surface area contributed by atoms with E-state index in [2.05, 4.69) is 5.32 Å². The first-order valence-electron chi connectivity index (χ1n) is 7.06. The van der Waals surface area contributed by atoms with Crippen LogP contribution in [0.15, 0.2) is 18.2 Å². The summed E-state index contributed by atoms with van der Waals surface area (Å²) < 4.78 is 0. The summed E-state index contributed by atoms with van der Waals surface area (Å²) in [6.45, 7) is 2.89. The van der Waals surface area contributed by atoms with Crippen LogP contribution in [0.1, 0.15) is 31.2 Å². The van der Waals surface area contributed by atoms with Crippen LogP contribution in [0.2, 0.25) is 5.02 Å². The average Bonchev–Trinajstić information content (AvgIpc) is 2.89. The molecule has 1 atom stereocenters. The predicted octanol–water partition coefficient (Wildman–Crippen LogP) is 3.42. The zero-order valence-corrected chi connectivity index (χ0v) is 12.5. The van der Waals surface area contributed by atoms with E-state index in [4.69, 9.17) is 16.7 Å². The lowest BCUT2D eigenvalue weighted by Gasteiger charge is -2.25. The van der Waals surface area contributed by atoms with Crippen LogP contribution < -0.4 is 5.32 Å². The minimum Gasteiger partial charge on any atom is -0.396 e. The van der Waals surface area contributed by atoms with Crippen molar-refractivity contribution in [2.45, 2.75) is 38.6 Å². The second-order valence-electron chi connectivity index (χ2n) is 5.25. The molecule has 1 aromatic rings. The Hall–Kier alpha value is -1.26. The molecule has 20 heavy (non-hydrogen) atoms. The molecule has 4 nitrogen and oxygen atoms in total. The molecule has 1 aromatic carbocycles. The molecule has 0 saturated carbocycles. The second kappa shape index (κ2) is 6.95. The van der Waals surface area contributed by atoms with Crippen molar-refractivity contribution in [3.8, 4) is 0 Å². The summed E-state index contributed by atoms with van der Waals surface area (Å²) in [6.07, 6.45) is 3.64. The summed E-state index contributed by atoms with van der Waals surface area (Å²) in [6, 6.07) is 5.69. The zero-order chi connectivity index (χ0) is 14.5. The van der Waals surface area contributed by atoms with Gasteiger partial charge in [0.05, 0.1) is 0 Å². The van der Waals surface area contributed by atoms with Crippen LogP contribution in [0.3, 0.4) is 0 Å². The van der Waals surface area contributed by atoms with Gasteiger partial charge >= 0.3 is 6.03 Å². The summed E-state index contributed by atoms with van der Waals surface area (Å²) >= 11 is 6.06. The van der Waals surface area contributed by atoms with Crippen molar-refractivity contribution in [1.29, 1.82) is 0 Å². The van der Waals surface area contributed by atoms with Crippen LogP contribution in [0.25, 0.3) is 0 Å². The maximum Gasteiger partial charge on any atom is 0.322 e. The molecule has 1 fully saturated rings. The van der Waals surface area contributed by atoms with Gasteiger partial charge < -0.3 is 15.3 Å². The van der Waals surface area contributed by atoms with Crippen molar-refractivity contribution < 1.29 is 9.90 Å². The van der Waals surface area contributed by atoms with Crippen LogP contribution in [-0.2, 0) is 0 Å². The van der Waals surface area contributed by atoms with Gasteiger partial charge in [0.1, 0.15) is 0 Å². The van der Waals surface area contributed by atoms with Gasteiger partial charge in [0.25, 0.3) is 0 Å².